The lowest BCUT2D eigenvalue weighted by Crippen LogP contribution is -2.18. The molecule has 2 saturated carbocycles. The van der Waals surface area contributed by atoms with E-state index >= 15 is 0 Å². The van der Waals surface area contributed by atoms with Crippen LogP contribution in [0.4, 0.5) is 0 Å². The molecule has 0 heterocycles. The van der Waals surface area contributed by atoms with Crippen molar-refractivity contribution in [2.75, 3.05) is 0 Å². The highest BCUT2D eigenvalue weighted by Gasteiger charge is 2.30. The summed E-state index contributed by atoms with van der Waals surface area (Å²) in [5.41, 5.74) is 0.826. The number of hydrogen-bond acceptors (Lipinski definition) is 0. The summed E-state index contributed by atoms with van der Waals surface area (Å²) in [4.78, 5) is 0. The number of hydrogen-bond donors (Lipinski definition) is 0. The fourth-order valence-electron chi connectivity index (χ4n) is 3.46. The lowest BCUT2D eigenvalue weighted by molar-refractivity contribution is 0.207. The van der Waals surface area contributed by atoms with E-state index in [1.165, 1.54) is 51.4 Å². The maximum Gasteiger partial charge on any atom is -0.0297 e. The molecule has 0 aromatic heterocycles. The predicted molar refractivity (Wildman–Crippen MR) is 57.8 cm³/mol. The zero-order chi connectivity index (χ0) is 8.99. The van der Waals surface area contributed by atoms with Gasteiger partial charge in [0.2, 0.25) is 0 Å². The van der Waals surface area contributed by atoms with E-state index in [1.807, 2.05) is 0 Å². The Hall–Kier alpha value is 0. The largest absolute Gasteiger partial charge is 0.0533 e. The fraction of sp³-hybridized carbons (Fsp3) is 1.00. The first kappa shape index (κ1) is 9.55. The van der Waals surface area contributed by atoms with Gasteiger partial charge in [-0.05, 0) is 31.1 Å². The van der Waals surface area contributed by atoms with Crippen LogP contribution < -0.4 is 0 Å². The second-order valence-corrected chi connectivity index (χ2v) is 5.33. The van der Waals surface area contributed by atoms with Crippen LogP contribution in [0, 0.1) is 5.41 Å². The van der Waals surface area contributed by atoms with E-state index in [2.05, 4.69) is 0 Å². The SMILES string of the molecule is C1CCCC2(CC1)CCCCCC2. The summed E-state index contributed by atoms with van der Waals surface area (Å²) in [5, 5.41) is 0. The minimum Gasteiger partial charge on any atom is -0.0533 e. The Kier molecular flexibility index (Phi) is 3.29. The Labute approximate surface area is 83.1 Å². The van der Waals surface area contributed by atoms with Crippen LogP contribution in [-0.4, -0.2) is 0 Å². The molecular weight excluding hydrogens is 156 g/mol. The highest BCUT2D eigenvalue weighted by Crippen LogP contribution is 2.45. The molecule has 0 nitrogen and oxygen atoms in total. The summed E-state index contributed by atoms with van der Waals surface area (Å²) < 4.78 is 0. The monoisotopic (exact) mass is 180 g/mol. The molecule has 0 aromatic rings. The lowest BCUT2D eigenvalue weighted by Gasteiger charge is -2.31. The molecule has 2 fully saturated rings. The molecular formula is C13H24. The van der Waals surface area contributed by atoms with E-state index in [-0.39, 0.29) is 0 Å². The summed E-state index contributed by atoms with van der Waals surface area (Å²) in [6.45, 7) is 0. The minimum atomic E-state index is 0.826. The molecule has 1 spiro atoms. The van der Waals surface area contributed by atoms with Crippen molar-refractivity contribution in [2.24, 2.45) is 5.41 Å². The van der Waals surface area contributed by atoms with Gasteiger partial charge >= 0.3 is 0 Å². The first-order chi connectivity index (χ1) is 6.41. The average molecular weight is 180 g/mol. The predicted octanol–water partition coefficient (Wildman–Crippen LogP) is 4.68. The molecule has 76 valence electrons. The van der Waals surface area contributed by atoms with Crippen LogP contribution in [0.25, 0.3) is 0 Å². The van der Waals surface area contributed by atoms with Crippen molar-refractivity contribution in [3.05, 3.63) is 0 Å². The normalized spacial score (nSPS) is 29.5. The van der Waals surface area contributed by atoms with Gasteiger partial charge in [0.05, 0.1) is 0 Å². The van der Waals surface area contributed by atoms with E-state index in [4.69, 9.17) is 0 Å². The molecule has 2 aliphatic rings. The minimum absolute atomic E-state index is 0.826. The molecule has 0 aromatic carbocycles. The Bertz CT molecular complexity index is 111. The lowest BCUT2D eigenvalue weighted by atomic mass is 9.74. The van der Waals surface area contributed by atoms with Crippen LogP contribution in [0.2, 0.25) is 0 Å². The Morgan fingerprint density at radius 2 is 0.692 bits per heavy atom. The molecule has 0 radical (unpaired) electrons. The van der Waals surface area contributed by atoms with Gasteiger partial charge in [-0.25, -0.2) is 0 Å². The maximum absolute atomic E-state index is 1.56. The van der Waals surface area contributed by atoms with Crippen molar-refractivity contribution in [1.82, 2.24) is 0 Å². The molecule has 0 N–H and O–H groups in total. The Morgan fingerprint density at radius 1 is 0.385 bits per heavy atom. The second-order valence-electron chi connectivity index (χ2n) is 5.33. The third-order valence-electron chi connectivity index (χ3n) is 4.33. The first-order valence-corrected chi connectivity index (χ1v) is 6.41. The van der Waals surface area contributed by atoms with Crippen molar-refractivity contribution in [3.8, 4) is 0 Å². The molecule has 0 unspecified atom stereocenters. The molecule has 0 saturated heterocycles. The highest BCUT2D eigenvalue weighted by molar-refractivity contribution is 4.83. The molecule has 0 amide bonds. The van der Waals surface area contributed by atoms with Crippen LogP contribution >= 0.6 is 0 Å². The van der Waals surface area contributed by atoms with E-state index in [0.29, 0.717) is 0 Å². The summed E-state index contributed by atoms with van der Waals surface area (Å²) in [6, 6.07) is 0. The van der Waals surface area contributed by atoms with Crippen molar-refractivity contribution in [2.45, 2.75) is 77.0 Å². The van der Waals surface area contributed by atoms with E-state index in [0.717, 1.165) is 5.41 Å². The van der Waals surface area contributed by atoms with Crippen LogP contribution in [-0.2, 0) is 0 Å². The molecule has 2 aliphatic carbocycles. The van der Waals surface area contributed by atoms with Gasteiger partial charge in [0.25, 0.3) is 0 Å². The zero-order valence-corrected chi connectivity index (χ0v) is 8.99. The molecule has 0 atom stereocenters. The van der Waals surface area contributed by atoms with E-state index in [1.54, 1.807) is 25.7 Å². The smallest absolute Gasteiger partial charge is 0.0297 e. The van der Waals surface area contributed by atoms with Crippen molar-refractivity contribution < 1.29 is 0 Å². The van der Waals surface area contributed by atoms with Crippen LogP contribution in [0.5, 0.6) is 0 Å². The molecule has 13 heavy (non-hydrogen) atoms. The standard InChI is InChI=1S/C13H24/c1-2-6-10-13(9-5-1)11-7-3-4-8-12-13/h1-12H2. The van der Waals surface area contributed by atoms with E-state index in [9.17, 15) is 0 Å². The summed E-state index contributed by atoms with van der Waals surface area (Å²) >= 11 is 0. The van der Waals surface area contributed by atoms with E-state index < -0.39 is 0 Å². The molecule has 0 heteroatoms. The fourth-order valence-corrected chi connectivity index (χ4v) is 3.46. The zero-order valence-electron chi connectivity index (χ0n) is 8.99. The van der Waals surface area contributed by atoms with Crippen LogP contribution in [0.15, 0.2) is 0 Å². The van der Waals surface area contributed by atoms with Crippen LogP contribution in [0.1, 0.15) is 77.0 Å². The van der Waals surface area contributed by atoms with Gasteiger partial charge in [0, 0.05) is 0 Å². The highest BCUT2D eigenvalue weighted by atomic mass is 14.4. The summed E-state index contributed by atoms with van der Waals surface area (Å²) in [7, 11) is 0. The maximum atomic E-state index is 1.56. The first-order valence-electron chi connectivity index (χ1n) is 6.41. The van der Waals surface area contributed by atoms with Gasteiger partial charge in [-0.3, -0.25) is 0 Å². The van der Waals surface area contributed by atoms with Gasteiger partial charge in [0.1, 0.15) is 0 Å². The average Bonchev–Trinajstić information content (AvgIpc) is 2.50. The van der Waals surface area contributed by atoms with Gasteiger partial charge < -0.3 is 0 Å². The topological polar surface area (TPSA) is 0 Å². The second kappa shape index (κ2) is 4.48. The van der Waals surface area contributed by atoms with Crippen molar-refractivity contribution in [3.63, 3.8) is 0 Å². The summed E-state index contributed by atoms with van der Waals surface area (Å²) in [5.74, 6) is 0. The van der Waals surface area contributed by atoms with Gasteiger partial charge in [-0.1, -0.05) is 51.4 Å². The molecule has 2 rings (SSSR count). The quantitative estimate of drug-likeness (QED) is 0.507. The van der Waals surface area contributed by atoms with Gasteiger partial charge in [-0.15, -0.1) is 0 Å². The third kappa shape index (κ3) is 2.48. The Morgan fingerprint density at radius 3 is 1.00 bits per heavy atom. The van der Waals surface area contributed by atoms with Crippen molar-refractivity contribution in [1.29, 1.82) is 0 Å². The Balaban J connectivity index is 1.97. The third-order valence-corrected chi connectivity index (χ3v) is 4.33. The van der Waals surface area contributed by atoms with Crippen LogP contribution in [0.3, 0.4) is 0 Å². The summed E-state index contributed by atoms with van der Waals surface area (Å²) in [6.07, 6.45) is 18.4. The number of rotatable bonds is 0. The molecule has 0 bridgehead atoms. The van der Waals surface area contributed by atoms with Crippen molar-refractivity contribution >= 4 is 0 Å². The molecule has 0 aliphatic heterocycles. The van der Waals surface area contributed by atoms with Gasteiger partial charge in [0.15, 0.2) is 0 Å². The van der Waals surface area contributed by atoms with Gasteiger partial charge in [-0.2, -0.15) is 0 Å².